The van der Waals surface area contributed by atoms with Gasteiger partial charge < -0.3 is 5.32 Å². The fourth-order valence-electron chi connectivity index (χ4n) is 4.41. The first-order valence-electron chi connectivity index (χ1n) is 11.7. The molecule has 35 heavy (non-hydrogen) atoms. The van der Waals surface area contributed by atoms with Crippen molar-refractivity contribution in [1.82, 2.24) is 0 Å². The number of rotatable bonds is 6. The predicted molar refractivity (Wildman–Crippen MR) is 143 cm³/mol. The maximum absolute atomic E-state index is 13.6. The second kappa shape index (κ2) is 10.6. The molecule has 0 unspecified atom stereocenters. The summed E-state index contributed by atoms with van der Waals surface area (Å²) in [4.78, 5) is 28.8. The van der Waals surface area contributed by atoms with Crippen molar-refractivity contribution in [1.29, 1.82) is 0 Å². The van der Waals surface area contributed by atoms with Crippen LogP contribution in [0.25, 0.3) is 0 Å². The summed E-state index contributed by atoms with van der Waals surface area (Å²) in [6, 6.07) is 33.7. The lowest BCUT2D eigenvalue weighted by atomic mass is 10.0. The van der Waals surface area contributed by atoms with Crippen molar-refractivity contribution in [2.24, 2.45) is 0 Å². The molecule has 2 amide bonds. The summed E-state index contributed by atoms with van der Waals surface area (Å²) in [5, 5.41) is 2.97. The third-order valence-electron chi connectivity index (χ3n) is 6.07. The van der Waals surface area contributed by atoms with Crippen LogP contribution in [0, 0.1) is 0 Å². The van der Waals surface area contributed by atoms with Gasteiger partial charge in [0.05, 0.1) is 23.5 Å². The highest BCUT2D eigenvalue weighted by molar-refractivity contribution is 8.00. The van der Waals surface area contributed by atoms with E-state index in [0.29, 0.717) is 12.2 Å². The topological polar surface area (TPSA) is 49.4 Å². The fourth-order valence-corrected chi connectivity index (χ4v) is 5.21. The van der Waals surface area contributed by atoms with E-state index in [2.05, 4.69) is 17.4 Å². The van der Waals surface area contributed by atoms with Crippen LogP contribution >= 0.6 is 11.8 Å². The van der Waals surface area contributed by atoms with Crippen LogP contribution in [0.3, 0.4) is 0 Å². The van der Waals surface area contributed by atoms with Crippen molar-refractivity contribution < 1.29 is 9.59 Å². The SMILES string of the molecule is O=C(Cc1ccccc1)Nc1cccc(SCC(=O)N2c3ccccc3CCc3ccccc32)c1. The van der Waals surface area contributed by atoms with Crippen molar-refractivity contribution in [3.8, 4) is 0 Å². The maximum Gasteiger partial charge on any atom is 0.241 e. The highest BCUT2D eigenvalue weighted by Gasteiger charge is 2.25. The summed E-state index contributed by atoms with van der Waals surface area (Å²) in [7, 11) is 0. The fraction of sp³-hybridized carbons (Fsp3) is 0.133. The van der Waals surface area contributed by atoms with Crippen LogP contribution in [0.2, 0.25) is 0 Å². The van der Waals surface area contributed by atoms with Gasteiger partial charge in [-0.25, -0.2) is 0 Å². The zero-order valence-electron chi connectivity index (χ0n) is 19.3. The van der Waals surface area contributed by atoms with Gasteiger partial charge in [-0.3, -0.25) is 14.5 Å². The quantitative estimate of drug-likeness (QED) is 0.325. The molecule has 0 aromatic heterocycles. The molecule has 1 aliphatic rings. The van der Waals surface area contributed by atoms with Gasteiger partial charge in [0.1, 0.15) is 0 Å². The summed E-state index contributed by atoms with van der Waals surface area (Å²) in [6.45, 7) is 0. The predicted octanol–water partition coefficient (Wildman–Crippen LogP) is 6.42. The normalized spacial score (nSPS) is 12.3. The standard InChI is InChI=1S/C30H26N2O2S/c33-29(19-22-9-2-1-3-10-22)31-25-13-8-14-26(20-25)35-21-30(34)32-27-15-6-4-11-23(27)17-18-24-12-5-7-16-28(24)32/h1-16,20H,17-19,21H2,(H,31,33). The van der Waals surface area contributed by atoms with Crippen molar-refractivity contribution in [2.45, 2.75) is 24.2 Å². The summed E-state index contributed by atoms with van der Waals surface area (Å²) in [5.41, 5.74) is 6.00. The molecular formula is C30H26N2O2S. The first kappa shape index (κ1) is 22.9. The zero-order valence-corrected chi connectivity index (χ0v) is 20.1. The largest absolute Gasteiger partial charge is 0.326 e. The molecule has 0 aliphatic carbocycles. The number of hydrogen-bond acceptors (Lipinski definition) is 3. The molecule has 0 bridgehead atoms. The number of fused-ring (bicyclic) bond motifs is 2. The Morgan fingerprint density at radius 2 is 1.37 bits per heavy atom. The molecule has 0 fully saturated rings. The summed E-state index contributed by atoms with van der Waals surface area (Å²) >= 11 is 1.48. The average molecular weight is 479 g/mol. The van der Waals surface area contributed by atoms with E-state index in [1.807, 2.05) is 95.9 Å². The van der Waals surface area contributed by atoms with Gasteiger partial charge in [0.15, 0.2) is 0 Å². The van der Waals surface area contributed by atoms with Gasteiger partial charge in [-0.2, -0.15) is 0 Å². The Bertz CT molecular complexity index is 1310. The minimum atomic E-state index is -0.0628. The van der Waals surface area contributed by atoms with Gasteiger partial charge >= 0.3 is 0 Å². The van der Waals surface area contributed by atoms with Crippen LogP contribution in [0.1, 0.15) is 16.7 Å². The number of para-hydroxylation sites is 2. The molecule has 174 valence electrons. The van der Waals surface area contributed by atoms with E-state index in [1.54, 1.807) is 0 Å². The molecule has 5 rings (SSSR count). The van der Waals surface area contributed by atoms with Gasteiger partial charge in [0.25, 0.3) is 0 Å². The molecule has 4 nitrogen and oxygen atoms in total. The van der Waals surface area contributed by atoms with E-state index in [0.717, 1.165) is 40.4 Å². The second-order valence-electron chi connectivity index (χ2n) is 8.51. The summed E-state index contributed by atoms with van der Waals surface area (Å²) < 4.78 is 0. The lowest BCUT2D eigenvalue weighted by molar-refractivity contribution is -0.116. The Hall–Kier alpha value is -3.83. The van der Waals surface area contributed by atoms with E-state index in [9.17, 15) is 9.59 Å². The summed E-state index contributed by atoms with van der Waals surface area (Å²) in [5.74, 6) is 0.270. The Kier molecular flexibility index (Phi) is 6.96. The molecular weight excluding hydrogens is 452 g/mol. The van der Waals surface area contributed by atoms with Crippen LogP contribution in [0.5, 0.6) is 0 Å². The van der Waals surface area contributed by atoms with Crippen molar-refractivity contribution in [2.75, 3.05) is 16.0 Å². The van der Waals surface area contributed by atoms with Crippen LogP contribution in [-0.2, 0) is 28.9 Å². The number of nitrogens with one attached hydrogen (secondary N) is 1. The van der Waals surface area contributed by atoms with Crippen LogP contribution in [-0.4, -0.2) is 17.6 Å². The molecule has 4 aromatic rings. The maximum atomic E-state index is 13.6. The lowest BCUT2D eigenvalue weighted by Crippen LogP contribution is -2.28. The molecule has 0 saturated carbocycles. The van der Waals surface area contributed by atoms with Crippen molar-refractivity contribution in [3.05, 3.63) is 120 Å². The van der Waals surface area contributed by atoms with E-state index in [4.69, 9.17) is 0 Å². The van der Waals surface area contributed by atoms with Crippen LogP contribution in [0.4, 0.5) is 17.1 Å². The Labute approximate surface area is 210 Å². The van der Waals surface area contributed by atoms with Crippen LogP contribution in [0.15, 0.2) is 108 Å². The second-order valence-corrected chi connectivity index (χ2v) is 9.56. The summed E-state index contributed by atoms with van der Waals surface area (Å²) in [6.07, 6.45) is 2.15. The molecule has 0 saturated heterocycles. The van der Waals surface area contributed by atoms with Crippen LogP contribution < -0.4 is 10.2 Å². The molecule has 5 heteroatoms. The number of hydrogen-bond donors (Lipinski definition) is 1. The van der Waals surface area contributed by atoms with Gasteiger partial charge in [-0.15, -0.1) is 11.8 Å². The number of thioether (sulfide) groups is 1. The van der Waals surface area contributed by atoms with E-state index in [-0.39, 0.29) is 11.8 Å². The molecule has 1 heterocycles. The van der Waals surface area contributed by atoms with E-state index >= 15 is 0 Å². The molecule has 1 N–H and O–H groups in total. The smallest absolute Gasteiger partial charge is 0.241 e. The van der Waals surface area contributed by atoms with Crippen molar-refractivity contribution in [3.63, 3.8) is 0 Å². The Balaban J connectivity index is 1.29. The number of carbonyl (C=O) groups is 2. The number of anilines is 3. The number of amides is 2. The number of carbonyl (C=O) groups excluding carboxylic acids is 2. The molecule has 0 atom stereocenters. The van der Waals surface area contributed by atoms with E-state index < -0.39 is 0 Å². The van der Waals surface area contributed by atoms with Gasteiger partial charge in [-0.1, -0.05) is 72.8 Å². The Morgan fingerprint density at radius 1 is 0.743 bits per heavy atom. The lowest BCUT2D eigenvalue weighted by Gasteiger charge is -2.25. The van der Waals surface area contributed by atoms with Crippen molar-refractivity contribution >= 4 is 40.6 Å². The zero-order chi connectivity index (χ0) is 24.0. The third kappa shape index (κ3) is 5.47. The van der Waals surface area contributed by atoms with Gasteiger partial charge in [-0.05, 0) is 59.9 Å². The molecule has 1 aliphatic heterocycles. The average Bonchev–Trinajstić information content (AvgIpc) is 3.05. The third-order valence-corrected chi connectivity index (χ3v) is 7.04. The van der Waals surface area contributed by atoms with Gasteiger partial charge in [0, 0.05) is 10.6 Å². The highest BCUT2D eigenvalue weighted by atomic mass is 32.2. The van der Waals surface area contributed by atoms with E-state index in [1.165, 1.54) is 22.9 Å². The first-order valence-corrected chi connectivity index (χ1v) is 12.7. The number of benzene rings is 4. The minimum absolute atomic E-state index is 0.0373. The number of aryl methyl sites for hydroxylation is 2. The Morgan fingerprint density at radius 3 is 2.06 bits per heavy atom. The molecule has 0 radical (unpaired) electrons. The highest BCUT2D eigenvalue weighted by Crippen LogP contribution is 2.36. The molecule has 4 aromatic carbocycles. The molecule has 0 spiro atoms. The number of nitrogens with zero attached hydrogens (tertiary/aromatic N) is 1. The minimum Gasteiger partial charge on any atom is -0.326 e. The monoisotopic (exact) mass is 478 g/mol. The first-order chi connectivity index (χ1) is 17.2. The van der Waals surface area contributed by atoms with Gasteiger partial charge in [0.2, 0.25) is 11.8 Å².